The molecule has 2 aromatic carbocycles. The van der Waals surface area contributed by atoms with Crippen LogP contribution in [0.3, 0.4) is 0 Å². The summed E-state index contributed by atoms with van der Waals surface area (Å²) in [6.45, 7) is 1.04. The van der Waals surface area contributed by atoms with Gasteiger partial charge in [-0.05, 0) is 37.1 Å². The zero-order valence-corrected chi connectivity index (χ0v) is 16.4. The highest BCUT2D eigenvalue weighted by Gasteiger charge is 2.28. The maximum absolute atomic E-state index is 13.0. The molecular formula is C21H22N4O4. The molecule has 1 aromatic heterocycles. The van der Waals surface area contributed by atoms with Crippen molar-refractivity contribution in [2.24, 2.45) is 0 Å². The first kappa shape index (κ1) is 18.9. The predicted molar refractivity (Wildman–Crippen MR) is 108 cm³/mol. The van der Waals surface area contributed by atoms with Crippen LogP contribution >= 0.6 is 0 Å². The molecule has 1 saturated heterocycles. The van der Waals surface area contributed by atoms with E-state index in [0.29, 0.717) is 53.9 Å². The largest absolute Gasteiger partial charge is 0.493 e. The second-order valence-electron chi connectivity index (χ2n) is 6.92. The molecule has 0 saturated carbocycles. The van der Waals surface area contributed by atoms with E-state index in [1.807, 2.05) is 12.1 Å². The number of likely N-dealkylation sites (tertiary alicyclic amines) is 1. The average Bonchev–Trinajstić information content (AvgIpc) is 2.78. The third kappa shape index (κ3) is 3.41. The predicted octanol–water partition coefficient (Wildman–Crippen LogP) is 2.29. The van der Waals surface area contributed by atoms with Crippen molar-refractivity contribution in [1.29, 1.82) is 0 Å². The highest BCUT2D eigenvalue weighted by molar-refractivity contribution is 5.97. The average molecular weight is 394 g/mol. The number of piperidine rings is 1. The highest BCUT2D eigenvalue weighted by Crippen LogP contribution is 2.32. The molecule has 0 radical (unpaired) electrons. The van der Waals surface area contributed by atoms with Gasteiger partial charge in [0.2, 0.25) is 0 Å². The molecule has 1 fully saturated rings. The van der Waals surface area contributed by atoms with Crippen LogP contribution < -0.4 is 15.0 Å². The van der Waals surface area contributed by atoms with Crippen LogP contribution in [-0.4, -0.2) is 53.1 Å². The molecule has 2 heterocycles. The Kier molecular flexibility index (Phi) is 5.16. The summed E-state index contributed by atoms with van der Waals surface area (Å²) in [5, 5.41) is 8.84. The smallest absolute Gasteiger partial charge is 0.277 e. The van der Waals surface area contributed by atoms with Crippen LogP contribution in [-0.2, 0) is 0 Å². The molecule has 8 heteroatoms. The van der Waals surface area contributed by atoms with Crippen LogP contribution in [0.5, 0.6) is 11.5 Å². The number of rotatable bonds is 4. The number of hydrogen-bond donors (Lipinski definition) is 0. The fraction of sp³-hybridized carbons (Fsp3) is 0.333. The number of amides is 1. The highest BCUT2D eigenvalue weighted by atomic mass is 16.5. The standard InChI is InChI=1S/C21H22N4O4/c1-28-18-9-5-7-16(19(18)29-2)20(26)24-12-10-14(11-13-24)25-21(27)15-6-3-4-8-17(15)22-23-25/h3-9,14H,10-13H2,1-2H3. The topological polar surface area (TPSA) is 86.5 Å². The number of hydrogen-bond acceptors (Lipinski definition) is 6. The first-order valence-corrected chi connectivity index (χ1v) is 9.48. The molecule has 4 rings (SSSR count). The van der Waals surface area contributed by atoms with Crippen LogP contribution in [0.25, 0.3) is 10.9 Å². The molecular weight excluding hydrogens is 372 g/mol. The number of ether oxygens (including phenoxy) is 2. The minimum Gasteiger partial charge on any atom is -0.493 e. The van der Waals surface area contributed by atoms with Crippen molar-refractivity contribution in [3.05, 3.63) is 58.4 Å². The Labute approximate surface area is 167 Å². The molecule has 3 aromatic rings. The summed E-state index contributed by atoms with van der Waals surface area (Å²) in [7, 11) is 3.06. The van der Waals surface area contributed by atoms with Crippen molar-refractivity contribution in [3.63, 3.8) is 0 Å². The lowest BCUT2D eigenvalue weighted by Crippen LogP contribution is -2.41. The summed E-state index contributed by atoms with van der Waals surface area (Å²) in [6, 6.07) is 12.4. The van der Waals surface area contributed by atoms with Gasteiger partial charge in [-0.15, -0.1) is 5.10 Å². The number of aromatic nitrogens is 3. The van der Waals surface area contributed by atoms with Gasteiger partial charge in [0, 0.05) is 13.1 Å². The van der Waals surface area contributed by atoms with E-state index in [9.17, 15) is 9.59 Å². The van der Waals surface area contributed by atoms with Gasteiger partial charge in [-0.2, -0.15) is 0 Å². The molecule has 150 valence electrons. The fourth-order valence-corrected chi connectivity index (χ4v) is 3.78. The van der Waals surface area contributed by atoms with Crippen molar-refractivity contribution < 1.29 is 14.3 Å². The van der Waals surface area contributed by atoms with Gasteiger partial charge >= 0.3 is 0 Å². The number of carbonyl (C=O) groups is 1. The van der Waals surface area contributed by atoms with Gasteiger partial charge in [-0.1, -0.05) is 23.4 Å². The summed E-state index contributed by atoms with van der Waals surface area (Å²) < 4.78 is 12.1. The number of fused-ring (bicyclic) bond motifs is 1. The lowest BCUT2D eigenvalue weighted by Gasteiger charge is -2.32. The zero-order valence-electron chi connectivity index (χ0n) is 16.4. The molecule has 1 amide bonds. The molecule has 1 aliphatic rings. The van der Waals surface area contributed by atoms with Crippen LogP contribution in [0.4, 0.5) is 0 Å². The lowest BCUT2D eigenvalue weighted by molar-refractivity contribution is 0.0683. The van der Waals surface area contributed by atoms with Crippen molar-refractivity contribution in [2.75, 3.05) is 27.3 Å². The van der Waals surface area contributed by atoms with E-state index < -0.39 is 0 Å². The third-order valence-electron chi connectivity index (χ3n) is 5.32. The molecule has 0 aliphatic carbocycles. The Morgan fingerprint density at radius 1 is 1.03 bits per heavy atom. The van der Waals surface area contributed by atoms with Crippen LogP contribution in [0.1, 0.15) is 29.2 Å². The van der Waals surface area contributed by atoms with Gasteiger partial charge in [0.25, 0.3) is 11.5 Å². The van der Waals surface area contributed by atoms with E-state index in [0.717, 1.165) is 0 Å². The minimum atomic E-state index is -0.144. The summed E-state index contributed by atoms with van der Waals surface area (Å²) >= 11 is 0. The van der Waals surface area contributed by atoms with Crippen molar-refractivity contribution in [2.45, 2.75) is 18.9 Å². The second kappa shape index (κ2) is 7.90. The molecule has 0 bridgehead atoms. The normalized spacial score (nSPS) is 14.8. The number of methoxy groups -OCH3 is 2. The van der Waals surface area contributed by atoms with E-state index in [-0.39, 0.29) is 17.5 Å². The second-order valence-corrected chi connectivity index (χ2v) is 6.92. The Morgan fingerprint density at radius 2 is 1.79 bits per heavy atom. The van der Waals surface area contributed by atoms with Gasteiger partial charge in [-0.25, -0.2) is 4.68 Å². The molecule has 8 nitrogen and oxygen atoms in total. The van der Waals surface area contributed by atoms with E-state index in [1.165, 1.54) is 11.8 Å². The SMILES string of the molecule is COc1cccc(C(=O)N2CCC(n3nnc4ccccc4c3=O)CC2)c1OC. The molecule has 1 aliphatic heterocycles. The van der Waals surface area contributed by atoms with Gasteiger partial charge in [-0.3, -0.25) is 9.59 Å². The van der Waals surface area contributed by atoms with E-state index in [1.54, 1.807) is 42.3 Å². The van der Waals surface area contributed by atoms with Crippen molar-refractivity contribution in [3.8, 4) is 11.5 Å². The lowest BCUT2D eigenvalue weighted by atomic mass is 10.0. The number of carbonyl (C=O) groups excluding carboxylic acids is 1. The van der Waals surface area contributed by atoms with Crippen molar-refractivity contribution in [1.82, 2.24) is 19.9 Å². The van der Waals surface area contributed by atoms with E-state index in [2.05, 4.69) is 10.3 Å². The Balaban J connectivity index is 1.53. The van der Waals surface area contributed by atoms with Gasteiger partial charge in [0.15, 0.2) is 11.5 Å². The third-order valence-corrected chi connectivity index (χ3v) is 5.32. The summed E-state index contributed by atoms with van der Waals surface area (Å²) in [5.41, 5.74) is 0.911. The van der Waals surface area contributed by atoms with E-state index in [4.69, 9.17) is 9.47 Å². The molecule has 0 spiro atoms. The molecule has 29 heavy (non-hydrogen) atoms. The maximum atomic E-state index is 13.0. The van der Waals surface area contributed by atoms with Crippen molar-refractivity contribution >= 4 is 16.8 Å². The number of para-hydroxylation sites is 1. The quantitative estimate of drug-likeness (QED) is 0.675. The monoisotopic (exact) mass is 394 g/mol. The number of benzene rings is 2. The van der Waals surface area contributed by atoms with Crippen LogP contribution in [0, 0.1) is 0 Å². The Morgan fingerprint density at radius 3 is 2.52 bits per heavy atom. The summed E-state index contributed by atoms with van der Waals surface area (Å²) in [6.07, 6.45) is 1.26. The zero-order chi connectivity index (χ0) is 20.4. The first-order valence-electron chi connectivity index (χ1n) is 9.48. The summed E-state index contributed by atoms with van der Waals surface area (Å²) in [5.74, 6) is 0.834. The first-order chi connectivity index (χ1) is 14.1. The Bertz CT molecular complexity index is 1100. The molecule has 0 atom stereocenters. The van der Waals surface area contributed by atoms with E-state index >= 15 is 0 Å². The Hall–Kier alpha value is -3.42. The fourth-order valence-electron chi connectivity index (χ4n) is 3.78. The molecule has 0 N–H and O–H groups in total. The van der Waals surface area contributed by atoms with Gasteiger partial charge < -0.3 is 14.4 Å². The summed E-state index contributed by atoms with van der Waals surface area (Å²) in [4.78, 5) is 27.6. The minimum absolute atomic E-state index is 0.0872. The number of nitrogens with zero attached hydrogens (tertiary/aromatic N) is 4. The maximum Gasteiger partial charge on any atom is 0.277 e. The van der Waals surface area contributed by atoms with Gasteiger partial charge in [0.1, 0.15) is 5.52 Å². The van der Waals surface area contributed by atoms with Gasteiger partial charge in [0.05, 0.1) is 31.2 Å². The van der Waals surface area contributed by atoms with Crippen LogP contribution in [0.2, 0.25) is 0 Å². The van der Waals surface area contributed by atoms with Crippen LogP contribution in [0.15, 0.2) is 47.3 Å². The molecule has 0 unspecified atom stereocenters.